The fourth-order valence-corrected chi connectivity index (χ4v) is 2.68. The Hall–Kier alpha value is -2.86. The summed E-state index contributed by atoms with van der Waals surface area (Å²) < 4.78 is 11.0. The van der Waals surface area contributed by atoms with E-state index in [2.05, 4.69) is 10.6 Å². The van der Waals surface area contributed by atoms with Gasteiger partial charge in [-0.1, -0.05) is 48.0 Å². The molecular formula is C23H30N2O4. The van der Waals surface area contributed by atoms with Crippen LogP contribution < -0.4 is 10.6 Å². The minimum atomic E-state index is -0.894. The quantitative estimate of drug-likeness (QED) is 0.727. The third-order valence-electron chi connectivity index (χ3n) is 4.04. The molecule has 2 N–H and O–H groups in total. The van der Waals surface area contributed by atoms with Crippen LogP contribution in [-0.4, -0.2) is 30.3 Å². The van der Waals surface area contributed by atoms with Gasteiger partial charge in [0, 0.05) is 5.69 Å². The zero-order chi connectivity index (χ0) is 21.4. The van der Waals surface area contributed by atoms with E-state index in [0.29, 0.717) is 12.3 Å². The maximum absolute atomic E-state index is 12.8. The summed E-state index contributed by atoms with van der Waals surface area (Å²) in [6.45, 7) is 9.57. The van der Waals surface area contributed by atoms with Crippen LogP contribution in [0.5, 0.6) is 0 Å². The SMILES string of the molecule is Cc1ccc(NC(=O)C(COCc2ccccc2)NC(=O)OC(C)(C)C)c(C)c1. The molecule has 1 unspecified atom stereocenters. The molecule has 0 aliphatic heterocycles. The molecule has 6 nitrogen and oxygen atoms in total. The molecule has 0 aliphatic carbocycles. The molecule has 0 fully saturated rings. The molecule has 29 heavy (non-hydrogen) atoms. The molecule has 0 saturated carbocycles. The highest BCUT2D eigenvalue weighted by atomic mass is 16.6. The first-order valence-electron chi connectivity index (χ1n) is 9.63. The van der Waals surface area contributed by atoms with Gasteiger partial charge in [0.15, 0.2) is 0 Å². The van der Waals surface area contributed by atoms with E-state index in [1.165, 1.54) is 0 Å². The lowest BCUT2D eigenvalue weighted by Crippen LogP contribution is -2.48. The van der Waals surface area contributed by atoms with Crippen LogP contribution in [0.15, 0.2) is 48.5 Å². The van der Waals surface area contributed by atoms with Crippen molar-refractivity contribution < 1.29 is 19.1 Å². The number of carbonyl (C=O) groups excluding carboxylic acids is 2. The standard InChI is InChI=1S/C23H30N2O4/c1-16-11-12-19(17(2)13-16)24-21(26)20(25-22(27)29-23(3,4)5)15-28-14-18-9-7-6-8-10-18/h6-13,20H,14-15H2,1-5H3,(H,24,26)(H,25,27). The van der Waals surface area contributed by atoms with Crippen LogP contribution in [-0.2, 0) is 20.9 Å². The molecule has 2 rings (SSSR count). The first-order valence-corrected chi connectivity index (χ1v) is 9.63. The zero-order valence-corrected chi connectivity index (χ0v) is 17.7. The molecule has 0 heterocycles. The fourth-order valence-electron chi connectivity index (χ4n) is 2.68. The Labute approximate surface area is 172 Å². The van der Waals surface area contributed by atoms with Gasteiger partial charge in [-0.05, 0) is 51.8 Å². The molecular weight excluding hydrogens is 368 g/mol. The van der Waals surface area contributed by atoms with Crippen molar-refractivity contribution in [3.8, 4) is 0 Å². The number of rotatable bonds is 7. The van der Waals surface area contributed by atoms with Crippen molar-refractivity contribution in [1.82, 2.24) is 5.32 Å². The molecule has 0 radical (unpaired) electrons. The largest absolute Gasteiger partial charge is 0.444 e. The highest BCUT2D eigenvalue weighted by Gasteiger charge is 2.25. The molecule has 6 heteroatoms. The smallest absolute Gasteiger partial charge is 0.408 e. The Morgan fingerprint density at radius 2 is 1.72 bits per heavy atom. The van der Waals surface area contributed by atoms with Crippen molar-refractivity contribution in [2.75, 3.05) is 11.9 Å². The summed E-state index contributed by atoms with van der Waals surface area (Å²) in [4.78, 5) is 25.0. The van der Waals surface area contributed by atoms with Crippen molar-refractivity contribution in [3.63, 3.8) is 0 Å². The molecule has 2 aromatic rings. The number of nitrogens with one attached hydrogen (secondary N) is 2. The number of carbonyl (C=O) groups is 2. The molecule has 1 atom stereocenters. The molecule has 2 amide bonds. The zero-order valence-electron chi connectivity index (χ0n) is 17.7. The van der Waals surface area contributed by atoms with E-state index in [1.54, 1.807) is 20.8 Å². The van der Waals surface area contributed by atoms with Crippen LogP contribution in [0.4, 0.5) is 10.5 Å². The van der Waals surface area contributed by atoms with E-state index < -0.39 is 17.7 Å². The summed E-state index contributed by atoms with van der Waals surface area (Å²) in [6, 6.07) is 14.5. The second kappa shape index (κ2) is 10.1. The van der Waals surface area contributed by atoms with E-state index in [4.69, 9.17) is 9.47 Å². The van der Waals surface area contributed by atoms with Gasteiger partial charge in [-0.25, -0.2) is 4.79 Å². The average molecular weight is 399 g/mol. The Balaban J connectivity index is 2.05. The van der Waals surface area contributed by atoms with Gasteiger partial charge in [0.2, 0.25) is 5.91 Å². The lowest BCUT2D eigenvalue weighted by Gasteiger charge is -2.23. The van der Waals surface area contributed by atoms with Gasteiger partial charge in [-0.2, -0.15) is 0 Å². The summed E-state index contributed by atoms with van der Waals surface area (Å²) in [5.74, 6) is -0.365. The van der Waals surface area contributed by atoms with Gasteiger partial charge in [0.1, 0.15) is 11.6 Å². The average Bonchev–Trinajstić information content (AvgIpc) is 2.62. The van der Waals surface area contributed by atoms with Crippen LogP contribution in [0.2, 0.25) is 0 Å². The Bertz CT molecular complexity index is 829. The van der Waals surface area contributed by atoms with E-state index in [0.717, 1.165) is 16.7 Å². The van der Waals surface area contributed by atoms with Crippen molar-refractivity contribution in [1.29, 1.82) is 0 Å². The number of hydrogen-bond donors (Lipinski definition) is 2. The summed E-state index contributed by atoms with van der Waals surface area (Å²) >= 11 is 0. The first-order chi connectivity index (χ1) is 13.6. The summed E-state index contributed by atoms with van der Waals surface area (Å²) in [5, 5.41) is 5.48. The molecule has 0 bridgehead atoms. The fraction of sp³-hybridized carbons (Fsp3) is 0.391. The number of aryl methyl sites for hydroxylation is 2. The van der Waals surface area contributed by atoms with Crippen molar-refractivity contribution in [3.05, 3.63) is 65.2 Å². The third-order valence-corrected chi connectivity index (χ3v) is 4.04. The first kappa shape index (κ1) is 22.4. The number of alkyl carbamates (subject to hydrolysis) is 1. The number of amides is 2. The topological polar surface area (TPSA) is 76.7 Å². The maximum atomic E-state index is 12.8. The third kappa shape index (κ3) is 7.95. The van der Waals surface area contributed by atoms with Gasteiger partial charge in [-0.15, -0.1) is 0 Å². The van der Waals surface area contributed by atoms with E-state index in [-0.39, 0.29) is 12.5 Å². The van der Waals surface area contributed by atoms with Crippen LogP contribution >= 0.6 is 0 Å². The number of ether oxygens (including phenoxy) is 2. The molecule has 0 spiro atoms. The highest BCUT2D eigenvalue weighted by Crippen LogP contribution is 2.16. The molecule has 2 aromatic carbocycles. The van der Waals surface area contributed by atoms with E-state index >= 15 is 0 Å². The monoisotopic (exact) mass is 398 g/mol. The maximum Gasteiger partial charge on any atom is 0.408 e. The van der Waals surface area contributed by atoms with Crippen molar-refractivity contribution in [2.45, 2.75) is 52.9 Å². The Morgan fingerprint density at radius 3 is 2.34 bits per heavy atom. The van der Waals surface area contributed by atoms with Crippen LogP contribution in [0.1, 0.15) is 37.5 Å². The molecule has 0 aliphatic rings. The van der Waals surface area contributed by atoms with E-state index in [9.17, 15) is 9.59 Å². The lowest BCUT2D eigenvalue weighted by molar-refractivity contribution is -0.119. The highest BCUT2D eigenvalue weighted by molar-refractivity contribution is 5.97. The number of hydrogen-bond acceptors (Lipinski definition) is 4. The minimum absolute atomic E-state index is 0.0187. The summed E-state index contributed by atoms with van der Waals surface area (Å²) in [6.07, 6.45) is -0.665. The van der Waals surface area contributed by atoms with Crippen molar-refractivity contribution in [2.24, 2.45) is 0 Å². The molecule has 0 saturated heterocycles. The van der Waals surface area contributed by atoms with Gasteiger partial charge >= 0.3 is 6.09 Å². The summed E-state index contributed by atoms with van der Waals surface area (Å²) in [5.41, 5.74) is 3.07. The predicted octanol–water partition coefficient (Wildman–Crippen LogP) is 4.35. The van der Waals surface area contributed by atoms with Gasteiger partial charge < -0.3 is 20.1 Å². The second-order valence-corrected chi connectivity index (χ2v) is 8.01. The van der Waals surface area contributed by atoms with Crippen LogP contribution in [0, 0.1) is 13.8 Å². The lowest BCUT2D eigenvalue weighted by atomic mass is 10.1. The molecule has 156 valence electrons. The Kier molecular flexibility index (Phi) is 7.79. The summed E-state index contributed by atoms with van der Waals surface area (Å²) in [7, 11) is 0. The normalized spacial score (nSPS) is 12.2. The van der Waals surface area contributed by atoms with Gasteiger partial charge in [0.05, 0.1) is 13.2 Å². The Morgan fingerprint density at radius 1 is 1.03 bits per heavy atom. The van der Waals surface area contributed by atoms with E-state index in [1.807, 2.05) is 62.4 Å². The predicted molar refractivity (Wildman–Crippen MR) is 114 cm³/mol. The van der Waals surface area contributed by atoms with Crippen LogP contribution in [0.3, 0.4) is 0 Å². The number of anilines is 1. The second-order valence-electron chi connectivity index (χ2n) is 8.01. The van der Waals surface area contributed by atoms with Crippen LogP contribution in [0.25, 0.3) is 0 Å². The minimum Gasteiger partial charge on any atom is -0.444 e. The molecule has 0 aromatic heterocycles. The van der Waals surface area contributed by atoms with Crippen molar-refractivity contribution >= 4 is 17.7 Å². The van der Waals surface area contributed by atoms with Gasteiger partial charge in [0.25, 0.3) is 0 Å². The number of benzene rings is 2. The van der Waals surface area contributed by atoms with Gasteiger partial charge in [-0.3, -0.25) is 4.79 Å².